The maximum atomic E-state index is 12.2. The first-order valence-electron chi connectivity index (χ1n) is 6.84. The van der Waals surface area contributed by atoms with Crippen molar-refractivity contribution in [1.82, 2.24) is 9.88 Å². The molecule has 0 radical (unpaired) electrons. The number of carbonyl (C=O) groups excluding carboxylic acids is 1. The van der Waals surface area contributed by atoms with E-state index in [1.54, 1.807) is 0 Å². The van der Waals surface area contributed by atoms with Crippen LogP contribution in [-0.4, -0.2) is 10.5 Å². The monoisotopic (exact) mass is 271 g/mol. The lowest BCUT2D eigenvalue weighted by atomic mass is 10.1. The summed E-state index contributed by atoms with van der Waals surface area (Å²) in [5.41, 5.74) is 8.41. The molecule has 0 saturated heterocycles. The van der Waals surface area contributed by atoms with E-state index in [4.69, 9.17) is 5.73 Å². The maximum Gasteiger partial charge on any atom is 0.268 e. The Balaban J connectivity index is 1.99. The van der Waals surface area contributed by atoms with E-state index in [1.807, 2.05) is 47.2 Å². The minimum absolute atomic E-state index is 0.0494. The smallest absolute Gasteiger partial charge is 0.268 e. The number of hydrogen-bond acceptors (Lipinski definition) is 2. The zero-order valence-electron chi connectivity index (χ0n) is 12.0. The molecule has 1 aromatic carbocycles. The minimum atomic E-state index is -0.0494. The van der Waals surface area contributed by atoms with Gasteiger partial charge in [-0.3, -0.25) is 4.79 Å². The number of aromatic nitrogens is 1. The van der Waals surface area contributed by atoms with Crippen LogP contribution in [0, 0.1) is 0 Å². The van der Waals surface area contributed by atoms with Crippen LogP contribution in [0.4, 0.5) is 0 Å². The third-order valence-electron chi connectivity index (χ3n) is 3.28. The van der Waals surface area contributed by atoms with E-state index in [-0.39, 0.29) is 11.9 Å². The Labute approximate surface area is 119 Å². The van der Waals surface area contributed by atoms with E-state index in [0.717, 1.165) is 11.1 Å². The van der Waals surface area contributed by atoms with Gasteiger partial charge in [0.1, 0.15) is 5.69 Å². The van der Waals surface area contributed by atoms with Crippen molar-refractivity contribution in [3.8, 4) is 0 Å². The molecule has 1 heterocycles. The van der Waals surface area contributed by atoms with E-state index >= 15 is 0 Å². The van der Waals surface area contributed by atoms with Gasteiger partial charge in [-0.25, -0.2) is 0 Å². The van der Waals surface area contributed by atoms with Gasteiger partial charge < -0.3 is 15.6 Å². The maximum absolute atomic E-state index is 12.2. The molecule has 0 unspecified atom stereocenters. The summed E-state index contributed by atoms with van der Waals surface area (Å²) in [6.45, 7) is 5.17. The molecule has 0 spiro atoms. The highest BCUT2D eigenvalue weighted by Gasteiger charge is 2.11. The molecule has 4 nitrogen and oxygen atoms in total. The third-order valence-corrected chi connectivity index (χ3v) is 3.28. The standard InChI is InChI=1S/C16H21N3O/c1-12(2)19-9-3-4-15(19)16(20)18-11-14-7-5-13(10-17)6-8-14/h3-9,12H,10-11,17H2,1-2H3,(H,18,20). The summed E-state index contributed by atoms with van der Waals surface area (Å²) in [5, 5.41) is 2.94. The summed E-state index contributed by atoms with van der Waals surface area (Å²) < 4.78 is 1.97. The number of nitrogens with zero attached hydrogens (tertiary/aromatic N) is 1. The topological polar surface area (TPSA) is 60.0 Å². The van der Waals surface area contributed by atoms with E-state index < -0.39 is 0 Å². The molecule has 1 amide bonds. The largest absolute Gasteiger partial charge is 0.347 e. The first-order valence-corrected chi connectivity index (χ1v) is 6.84. The fraction of sp³-hybridized carbons (Fsp3) is 0.312. The molecule has 4 heteroatoms. The van der Waals surface area contributed by atoms with Gasteiger partial charge in [-0.2, -0.15) is 0 Å². The van der Waals surface area contributed by atoms with Crippen molar-refractivity contribution >= 4 is 5.91 Å². The zero-order chi connectivity index (χ0) is 14.5. The molecule has 0 bridgehead atoms. The van der Waals surface area contributed by atoms with Gasteiger partial charge in [0, 0.05) is 25.3 Å². The van der Waals surface area contributed by atoms with Crippen LogP contribution in [0.25, 0.3) is 0 Å². The molecular weight excluding hydrogens is 250 g/mol. The number of hydrogen-bond donors (Lipinski definition) is 2. The Morgan fingerprint density at radius 1 is 1.20 bits per heavy atom. The van der Waals surface area contributed by atoms with E-state index in [0.29, 0.717) is 18.8 Å². The van der Waals surface area contributed by atoms with Gasteiger partial charge in [0.05, 0.1) is 0 Å². The number of benzene rings is 1. The highest BCUT2D eigenvalue weighted by molar-refractivity contribution is 5.92. The molecule has 20 heavy (non-hydrogen) atoms. The summed E-state index contributed by atoms with van der Waals surface area (Å²) in [4.78, 5) is 12.2. The number of carbonyl (C=O) groups is 1. The van der Waals surface area contributed by atoms with Crippen molar-refractivity contribution in [2.45, 2.75) is 33.0 Å². The highest BCUT2D eigenvalue weighted by atomic mass is 16.1. The summed E-state index contributed by atoms with van der Waals surface area (Å²) >= 11 is 0. The van der Waals surface area contributed by atoms with Gasteiger partial charge in [0.2, 0.25) is 0 Å². The Morgan fingerprint density at radius 3 is 2.45 bits per heavy atom. The van der Waals surface area contributed by atoms with Crippen molar-refractivity contribution in [2.75, 3.05) is 0 Å². The summed E-state index contributed by atoms with van der Waals surface area (Å²) in [6.07, 6.45) is 1.93. The normalized spacial score (nSPS) is 10.8. The molecule has 0 aliphatic carbocycles. The van der Waals surface area contributed by atoms with Crippen molar-refractivity contribution < 1.29 is 4.79 Å². The second kappa shape index (κ2) is 6.39. The Kier molecular flexibility index (Phi) is 4.58. The lowest BCUT2D eigenvalue weighted by Crippen LogP contribution is -2.25. The average Bonchev–Trinajstić information content (AvgIpc) is 2.95. The average molecular weight is 271 g/mol. The molecule has 0 saturated carbocycles. The molecule has 0 fully saturated rings. The molecule has 2 aromatic rings. The summed E-state index contributed by atoms with van der Waals surface area (Å²) in [6, 6.07) is 12.0. The SMILES string of the molecule is CC(C)n1cccc1C(=O)NCc1ccc(CN)cc1. The second-order valence-electron chi connectivity index (χ2n) is 5.10. The molecule has 1 aromatic heterocycles. The van der Waals surface area contributed by atoms with Crippen LogP contribution in [0.3, 0.4) is 0 Å². The number of nitrogens with one attached hydrogen (secondary N) is 1. The third kappa shape index (κ3) is 3.27. The first kappa shape index (κ1) is 14.3. The van der Waals surface area contributed by atoms with E-state index in [9.17, 15) is 4.79 Å². The van der Waals surface area contributed by atoms with Crippen LogP contribution in [0.2, 0.25) is 0 Å². The van der Waals surface area contributed by atoms with Crippen molar-refractivity contribution in [3.63, 3.8) is 0 Å². The molecule has 0 aliphatic rings. The van der Waals surface area contributed by atoms with Gasteiger partial charge >= 0.3 is 0 Å². The van der Waals surface area contributed by atoms with Crippen LogP contribution in [0.1, 0.15) is 41.5 Å². The predicted molar refractivity (Wildman–Crippen MR) is 80.3 cm³/mol. The second-order valence-corrected chi connectivity index (χ2v) is 5.10. The Morgan fingerprint density at radius 2 is 1.85 bits per heavy atom. The van der Waals surface area contributed by atoms with Crippen molar-refractivity contribution in [1.29, 1.82) is 0 Å². The minimum Gasteiger partial charge on any atom is -0.347 e. The predicted octanol–water partition coefficient (Wildman–Crippen LogP) is 2.46. The Bertz CT molecular complexity index is 570. The van der Waals surface area contributed by atoms with Crippen molar-refractivity contribution in [3.05, 3.63) is 59.4 Å². The quantitative estimate of drug-likeness (QED) is 0.877. The van der Waals surface area contributed by atoms with Crippen LogP contribution in [-0.2, 0) is 13.1 Å². The van der Waals surface area contributed by atoms with E-state index in [2.05, 4.69) is 19.2 Å². The number of nitrogens with two attached hydrogens (primary N) is 1. The number of amides is 1. The molecule has 0 aliphatic heterocycles. The first-order chi connectivity index (χ1) is 9.61. The van der Waals surface area contributed by atoms with Gasteiger partial charge in [-0.15, -0.1) is 0 Å². The molecule has 2 rings (SSSR count). The summed E-state index contributed by atoms with van der Waals surface area (Å²) in [5.74, 6) is -0.0494. The van der Waals surface area contributed by atoms with Crippen molar-refractivity contribution in [2.24, 2.45) is 5.73 Å². The van der Waals surface area contributed by atoms with Crippen LogP contribution >= 0.6 is 0 Å². The van der Waals surface area contributed by atoms with Gasteiger partial charge in [-0.1, -0.05) is 24.3 Å². The van der Waals surface area contributed by atoms with Gasteiger partial charge in [-0.05, 0) is 37.1 Å². The fourth-order valence-corrected chi connectivity index (χ4v) is 2.10. The van der Waals surface area contributed by atoms with Crippen LogP contribution in [0.5, 0.6) is 0 Å². The van der Waals surface area contributed by atoms with E-state index in [1.165, 1.54) is 0 Å². The van der Waals surface area contributed by atoms with Crippen LogP contribution < -0.4 is 11.1 Å². The molecule has 0 atom stereocenters. The lowest BCUT2D eigenvalue weighted by molar-refractivity contribution is 0.0940. The van der Waals surface area contributed by atoms with Gasteiger partial charge in [0.15, 0.2) is 0 Å². The van der Waals surface area contributed by atoms with Gasteiger partial charge in [0.25, 0.3) is 5.91 Å². The molecule has 3 N–H and O–H groups in total. The fourth-order valence-electron chi connectivity index (χ4n) is 2.10. The lowest BCUT2D eigenvalue weighted by Gasteiger charge is -2.13. The van der Waals surface area contributed by atoms with Crippen LogP contribution in [0.15, 0.2) is 42.6 Å². The highest BCUT2D eigenvalue weighted by Crippen LogP contribution is 2.11. The zero-order valence-corrected chi connectivity index (χ0v) is 12.0. The molecule has 106 valence electrons. The Hall–Kier alpha value is -2.07. The number of rotatable bonds is 5. The summed E-state index contributed by atoms with van der Waals surface area (Å²) in [7, 11) is 0. The molecular formula is C16H21N3O.